The molecule has 0 saturated carbocycles. The lowest BCUT2D eigenvalue weighted by molar-refractivity contribution is -0.139. The van der Waals surface area contributed by atoms with E-state index in [9.17, 15) is 9.36 Å². The van der Waals surface area contributed by atoms with Crippen LogP contribution in [0.4, 0.5) is 0 Å². The van der Waals surface area contributed by atoms with Crippen molar-refractivity contribution in [1.29, 1.82) is 0 Å². The number of phosphoric acid groups is 1. The quantitative estimate of drug-likeness (QED) is 0.228. The Bertz CT molecular complexity index is 286. The number of rotatable bonds is 8. The van der Waals surface area contributed by atoms with Crippen LogP contribution >= 0.6 is 19.9 Å². The maximum Gasteiger partial charge on any atom is 0.480 e. The highest BCUT2D eigenvalue weighted by molar-refractivity contribution is 7.97. The molecule has 2 N–H and O–H groups in total. The summed E-state index contributed by atoms with van der Waals surface area (Å²) in [4.78, 5) is 27.6. The molecule has 0 saturated heterocycles. The molecule has 0 bridgehead atoms. The summed E-state index contributed by atoms with van der Waals surface area (Å²) < 4.78 is 19.2. The zero-order valence-electron chi connectivity index (χ0n) is 8.92. The monoisotopic (exact) mass is 270 g/mol. The Morgan fingerprint density at radius 1 is 1.44 bits per heavy atom. The van der Waals surface area contributed by atoms with Gasteiger partial charge in [0.15, 0.2) is 0 Å². The Labute approximate surface area is 98.5 Å². The first kappa shape index (κ1) is 15.7. The maximum atomic E-state index is 10.9. The normalized spacial score (nSPS) is 11.2. The summed E-state index contributed by atoms with van der Waals surface area (Å²) >= 11 is 0.704. The summed E-state index contributed by atoms with van der Waals surface area (Å²) in [5.41, 5.74) is 0.346. The zero-order chi connectivity index (χ0) is 12.6. The fourth-order valence-electron chi connectivity index (χ4n) is 0.657. The van der Waals surface area contributed by atoms with E-state index >= 15 is 0 Å². The smallest absolute Gasteiger partial charge is 0.462 e. The van der Waals surface area contributed by atoms with Gasteiger partial charge in [-0.25, -0.2) is 13.3 Å². The molecule has 16 heavy (non-hydrogen) atoms. The van der Waals surface area contributed by atoms with Gasteiger partial charge in [0, 0.05) is 23.4 Å². The Kier molecular flexibility index (Phi) is 7.70. The average Bonchev–Trinajstić information content (AvgIpc) is 2.14. The molecule has 0 aliphatic heterocycles. The predicted molar refractivity (Wildman–Crippen MR) is 60.6 cm³/mol. The zero-order valence-corrected chi connectivity index (χ0v) is 10.6. The molecular weight excluding hydrogens is 255 g/mol. The number of unbranched alkanes of at least 4 members (excludes halogenated alkanes) is 1. The van der Waals surface area contributed by atoms with Crippen molar-refractivity contribution in [3.05, 3.63) is 12.2 Å². The third kappa shape index (κ3) is 10.2. The maximum absolute atomic E-state index is 10.9. The lowest BCUT2D eigenvalue weighted by Gasteiger charge is -2.04. The first-order valence-corrected chi connectivity index (χ1v) is 6.96. The van der Waals surface area contributed by atoms with Crippen molar-refractivity contribution >= 4 is 25.8 Å². The minimum atomic E-state index is -4.38. The molecular formula is C8H15O6PS. The van der Waals surface area contributed by atoms with Crippen LogP contribution in [0.1, 0.15) is 19.8 Å². The van der Waals surface area contributed by atoms with Crippen LogP contribution in [0.5, 0.6) is 0 Å². The van der Waals surface area contributed by atoms with Gasteiger partial charge in [-0.15, -0.1) is 0 Å². The molecule has 0 aliphatic carbocycles. The van der Waals surface area contributed by atoms with Crippen molar-refractivity contribution in [3.8, 4) is 0 Å². The fraction of sp³-hybridized carbons (Fsp3) is 0.625. The van der Waals surface area contributed by atoms with E-state index in [1.54, 1.807) is 6.92 Å². The highest BCUT2D eigenvalue weighted by Gasteiger charge is 2.13. The van der Waals surface area contributed by atoms with E-state index in [2.05, 4.69) is 10.5 Å². The number of hydrogen-bond acceptors (Lipinski definition) is 5. The van der Waals surface area contributed by atoms with Gasteiger partial charge in [0.25, 0.3) is 0 Å². The molecule has 0 unspecified atom stereocenters. The molecule has 6 nitrogen and oxygen atoms in total. The van der Waals surface area contributed by atoms with Gasteiger partial charge in [-0.1, -0.05) is 6.58 Å². The minimum Gasteiger partial charge on any atom is -0.462 e. The molecule has 94 valence electrons. The van der Waals surface area contributed by atoms with Crippen LogP contribution in [-0.2, 0) is 18.1 Å². The molecule has 8 heteroatoms. The van der Waals surface area contributed by atoms with Crippen molar-refractivity contribution in [2.75, 3.05) is 12.4 Å². The highest BCUT2D eigenvalue weighted by atomic mass is 32.2. The van der Waals surface area contributed by atoms with Crippen LogP contribution in [0.25, 0.3) is 0 Å². The van der Waals surface area contributed by atoms with Gasteiger partial charge in [0.05, 0.1) is 6.61 Å². The molecule has 0 aromatic heterocycles. The Balaban J connectivity index is 3.32. The van der Waals surface area contributed by atoms with Crippen LogP contribution in [0.3, 0.4) is 0 Å². The fourth-order valence-corrected chi connectivity index (χ4v) is 1.83. The third-order valence-electron chi connectivity index (χ3n) is 1.35. The van der Waals surface area contributed by atoms with E-state index in [0.29, 0.717) is 36.2 Å². The summed E-state index contributed by atoms with van der Waals surface area (Å²) in [6.45, 7) is 5.25. The number of hydrogen-bond donors (Lipinski definition) is 2. The molecule has 0 spiro atoms. The second-order valence-electron chi connectivity index (χ2n) is 3.01. The standard InChI is InChI=1S/C8H15O6PS/c1-7(2)8(9)13-5-3-4-6-16-14-15(10,11)12/h1,3-6H2,2H3,(H2,10,11,12). The van der Waals surface area contributed by atoms with Crippen LogP contribution in [0.2, 0.25) is 0 Å². The van der Waals surface area contributed by atoms with E-state index in [0.717, 1.165) is 0 Å². The molecule has 0 radical (unpaired) electrons. The van der Waals surface area contributed by atoms with Crippen LogP contribution in [-0.4, -0.2) is 28.1 Å². The van der Waals surface area contributed by atoms with Crippen molar-refractivity contribution < 1.29 is 27.9 Å². The van der Waals surface area contributed by atoms with Gasteiger partial charge in [-0.2, -0.15) is 0 Å². The van der Waals surface area contributed by atoms with Crippen molar-refractivity contribution in [1.82, 2.24) is 0 Å². The number of esters is 1. The topological polar surface area (TPSA) is 93.1 Å². The SMILES string of the molecule is C=C(C)C(=O)OCCCCSOP(=O)(O)O. The molecule has 0 aromatic carbocycles. The van der Waals surface area contributed by atoms with Crippen LogP contribution in [0.15, 0.2) is 12.2 Å². The van der Waals surface area contributed by atoms with Crippen molar-refractivity contribution in [2.45, 2.75) is 19.8 Å². The number of carbonyl (C=O) groups excluding carboxylic acids is 1. The molecule has 0 heterocycles. The molecule has 0 aromatic rings. The van der Waals surface area contributed by atoms with Gasteiger partial charge >= 0.3 is 13.8 Å². The summed E-state index contributed by atoms with van der Waals surface area (Å²) in [6.07, 6.45) is 1.24. The number of carbonyl (C=O) groups is 1. The lowest BCUT2D eigenvalue weighted by Crippen LogP contribution is -2.06. The van der Waals surface area contributed by atoms with E-state index in [1.807, 2.05) is 0 Å². The first-order valence-electron chi connectivity index (χ1n) is 4.52. The second-order valence-corrected chi connectivity index (χ2v) is 5.23. The summed E-state index contributed by atoms with van der Waals surface area (Å²) in [5, 5.41) is 0. The molecule has 0 rings (SSSR count). The van der Waals surface area contributed by atoms with Crippen molar-refractivity contribution in [3.63, 3.8) is 0 Å². The molecule has 0 atom stereocenters. The van der Waals surface area contributed by atoms with Gasteiger partial charge < -0.3 is 14.5 Å². The van der Waals surface area contributed by atoms with E-state index in [-0.39, 0.29) is 6.61 Å². The van der Waals surface area contributed by atoms with E-state index in [1.165, 1.54) is 0 Å². The average molecular weight is 270 g/mol. The van der Waals surface area contributed by atoms with Gasteiger partial charge in [-0.05, 0) is 19.8 Å². The number of ether oxygens (including phenoxy) is 1. The Hall–Kier alpha value is -0.330. The summed E-state index contributed by atoms with van der Waals surface area (Å²) in [6, 6.07) is 0. The molecule has 0 aliphatic rings. The van der Waals surface area contributed by atoms with Crippen LogP contribution in [0, 0.1) is 0 Å². The third-order valence-corrected chi connectivity index (χ3v) is 3.01. The first-order chi connectivity index (χ1) is 7.33. The van der Waals surface area contributed by atoms with Crippen molar-refractivity contribution in [2.24, 2.45) is 0 Å². The molecule has 0 amide bonds. The minimum absolute atomic E-state index is 0.266. The predicted octanol–water partition coefficient (Wildman–Crippen LogP) is 1.64. The van der Waals surface area contributed by atoms with Gasteiger partial charge in [0.2, 0.25) is 0 Å². The highest BCUT2D eigenvalue weighted by Crippen LogP contribution is 2.40. The Morgan fingerprint density at radius 3 is 2.56 bits per heavy atom. The van der Waals surface area contributed by atoms with E-state index < -0.39 is 13.8 Å². The lowest BCUT2D eigenvalue weighted by atomic mass is 10.3. The summed E-state index contributed by atoms with van der Waals surface area (Å²) in [7, 11) is -4.38. The summed E-state index contributed by atoms with van der Waals surface area (Å²) in [5.74, 6) is -0.00505. The van der Waals surface area contributed by atoms with Gasteiger partial charge in [-0.3, -0.25) is 0 Å². The largest absolute Gasteiger partial charge is 0.480 e. The Morgan fingerprint density at radius 2 is 2.06 bits per heavy atom. The van der Waals surface area contributed by atoms with Gasteiger partial charge in [0.1, 0.15) is 0 Å². The van der Waals surface area contributed by atoms with Crippen LogP contribution < -0.4 is 0 Å². The van der Waals surface area contributed by atoms with E-state index in [4.69, 9.17) is 14.5 Å². The molecule has 0 fully saturated rings. The second kappa shape index (κ2) is 7.86.